The molecule has 0 aliphatic heterocycles. The Labute approximate surface area is 176 Å². The number of aryl methyl sites for hydroxylation is 2. The number of nitrogens with one attached hydrogen (secondary N) is 1. The number of anilines is 1. The van der Waals surface area contributed by atoms with Gasteiger partial charge < -0.3 is 14.8 Å². The van der Waals surface area contributed by atoms with Gasteiger partial charge in [0.25, 0.3) is 5.91 Å². The molecule has 6 nitrogen and oxygen atoms in total. The van der Waals surface area contributed by atoms with E-state index in [9.17, 15) is 18.8 Å². The number of ether oxygens (including phenoxy) is 1. The fourth-order valence-electron chi connectivity index (χ4n) is 1.97. The molecule has 1 amide bonds. The van der Waals surface area contributed by atoms with Crippen molar-refractivity contribution in [1.29, 1.82) is 0 Å². The van der Waals surface area contributed by atoms with Crippen LogP contribution in [0.25, 0.3) is 0 Å². The quantitative estimate of drug-likeness (QED) is 0.436. The Kier molecular flexibility index (Phi) is 11.2. The van der Waals surface area contributed by atoms with Crippen LogP contribution in [0.1, 0.15) is 44.3 Å². The summed E-state index contributed by atoms with van der Waals surface area (Å²) in [6.07, 6.45) is 0.719. The Morgan fingerprint density at radius 2 is 1.83 bits per heavy atom. The number of halogens is 1. The third-order valence-corrected chi connectivity index (χ3v) is 4.64. The number of amides is 1. The van der Waals surface area contributed by atoms with Crippen molar-refractivity contribution in [3.8, 4) is 0 Å². The van der Waals surface area contributed by atoms with Crippen molar-refractivity contribution in [2.75, 3.05) is 12.4 Å². The van der Waals surface area contributed by atoms with Crippen LogP contribution in [0.5, 0.6) is 0 Å². The van der Waals surface area contributed by atoms with E-state index in [4.69, 9.17) is 4.79 Å². The SMILES string of the molecule is C=O.COC(=O)C(C)(C)P.Cc1cc(NC(=O)c2cc(C=O)sc2C)ccc1F. The molecule has 2 rings (SSSR count). The van der Waals surface area contributed by atoms with E-state index in [-0.39, 0.29) is 17.7 Å². The molecule has 1 atom stereocenters. The average Bonchev–Trinajstić information content (AvgIpc) is 3.06. The zero-order chi connectivity index (χ0) is 22.8. The predicted molar refractivity (Wildman–Crippen MR) is 116 cm³/mol. The monoisotopic (exact) mass is 441 g/mol. The van der Waals surface area contributed by atoms with Gasteiger partial charge in [-0.25, -0.2) is 4.39 Å². The second-order valence-corrected chi connectivity index (χ2v) is 9.10. The number of esters is 1. The van der Waals surface area contributed by atoms with Crippen LogP contribution in [0.15, 0.2) is 24.3 Å². The molecule has 0 aliphatic carbocycles. The van der Waals surface area contributed by atoms with Gasteiger partial charge >= 0.3 is 5.97 Å². The largest absolute Gasteiger partial charge is 0.468 e. The molecule has 0 bridgehead atoms. The molecular weight excluding hydrogens is 416 g/mol. The van der Waals surface area contributed by atoms with Gasteiger partial charge in [0.15, 0.2) is 6.29 Å². The molecule has 1 aromatic heterocycles. The Hall–Kier alpha value is -2.44. The summed E-state index contributed by atoms with van der Waals surface area (Å²) >= 11 is 1.27. The van der Waals surface area contributed by atoms with Gasteiger partial charge in [0.1, 0.15) is 12.6 Å². The number of rotatable bonds is 4. The fourth-order valence-corrected chi connectivity index (χ4v) is 2.93. The molecule has 1 heterocycles. The molecule has 2 aromatic rings. The normalized spacial score (nSPS) is 9.90. The first kappa shape index (κ1) is 26.6. The first-order chi connectivity index (χ1) is 13.5. The Morgan fingerprint density at radius 3 is 2.21 bits per heavy atom. The zero-order valence-electron chi connectivity index (χ0n) is 17.0. The van der Waals surface area contributed by atoms with Gasteiger partial charge in [0.05, 0.1) is 22.7 Å². The smallest absolute Gasteiger partial charge is 0.315 e. The Morgan fingerprint density at radius 1 is 1.24 bits per heavy atom. The second-order valence-electron chi connectivity index (χ2n) is 6.37. The summed E-state index contributed by atoms with van der Waals surface area (Å²) < 4.78 is 17.6. The van der Waals surface area contributed by atoms with Gasteiger partial charge in [-0.2, -0.15) is 0 Å². The zero-order valence-corrected chi connectivity index (χ0v) is 19.0. The van der Waals surface area contributed by atoms with Crippen LogP contribution in [0.2, 0.25) is 0 Å². The molecule has 1 aromatic carbocycles. The standard InChI is InChI=1S/C14H12FNO2S.C5H11O2P.CH2O/c1-8-5-10(3-4-13(8)15)16-14(18)12-6-11(7-17)19-9(12)2;1-5(2,8)4(6)7-3;1-2/h3-7H,1-2H3,(H,16,18);8H2,1-3H3;1H2. The maximum absolute atomic E-state index is 13.1. The van der Waals surface area contributed by atoms with Crippen LogP contribution in [0.4, 0.5) is 10.1 Å². The topological polar surface area (TPSA) is 89.5 Å². The van der Waals surface area contributed by atoms with E-state index in [0.717, 1.165) is 11.2 Å². The van der Waals surface area contributed by atoms with E-state index in [1.165, 1.54) is 30.6 Å². The summed E-state index contributed by atoms with van der Waals surface area (Å²) in [7, 11) is 3.78. The lowest BCUT2D eigenvalue weighted by atomic mass is 10.2. The number of thiophene rings is 1. The van der Waals surface area contributed by atoms with E-state index >= 15 is 0 Å². The molecule has 0 aliphatic rings. The molecule has 0 saturated heterocycles. The van der Waals surface area contributed by atoms with Gasteiger partial charge in [0.2, 0.25) is 0 Å². The first-order valence-corrected chi connectivity index (χ1v) is 9.68. The first-order valence-electron chi connectivity index (χ1n) is 8.28. The molecule has 158 valence electrons. The summed E-state index contributed by atoms with van der Waals surface area (Å²) in [5, 5.41) is 2.25. The van der Waals surface area contributed by atoms with Crippen molar-refractivity contribution in [3.63, 3.8) is 0 Å². The molecule has 0 radical (unpaired) electrons. The lowest BCUT2D eigenvalue weighted by Gasteiger charge is -2.13. The van der Waals surface area contributed by atoms with Crippen LogP contribution in [0, 0.1) is 19.7 Å². The molecule has 29 heavy (non-hydrogen) atoms. The van der Waals surface area contributed by atoms with E-state index in [0.29, 0.717) is 21.7 Å². The molecule has 0 saturated carbocycles. The number of aldehydes is 1. The Balaban J connectivity index is 0.000000664. The van der Waals surface area contributed by atoms with Crippen LogP contribution < -0.4 is 5.32 Å². The van der Waals surface area contributed by atoms with Crippen LogP contribution in [-0.4, -0.2) is 37.2 Å². The maximum Gasteiger partial charge on any atom is 0.315 e. The highest BCUT2D eigenvalue weighted by Crippen LogP contribution is 2.22. The number of methoxy groups -OCH3 is 1. The second kappa shape index (κ2) is 12.2. The van der Waals surface area contributed by atoms with Crippen LogP contribution >= 0.6 is 20.6 Å². The lowest BCUT2D eigenvalue weighted by Crippen LogP contribution is -2.24. The summed E-state index contributed by atoms with van der Waals surface area (Å²) in [6.45, 7) is 8.97. The molecule has 9 heteroatoms. The highest BCUT2D eigenvalue weighted by molar-refractivity contribution is 7.20. The van der Waals surface area contributed by atoms with Crippen molar-refractivity contribution in [1.82, 2.24) is 0 Å². The summed E-state index contributed by atoms with van der Waals surface area (Å²) in [4.78, 5) is 42.6. The van der Waals surface area contributed by atoms with Crippen molar-refractivity contribution >= 4 is 51.2 Å². The van der Waals surface area contributed by atoms with Crippen molar-refractivity contribution in [2.45, 2.75) is 32.9 Å². The van der Waals surface area contributed by atoms with E-state index in [1.807, 2.05) is 6.79 Å². The predicted octanol–water partition coefficient (Wildman–Crippen LogP) is 4.20. The van der Waals surface area contributed by atoms with E-state index < -0.39 is 5.16 Å². The third kappa shape index (κ3) is 8.62. The maximum atomic E-state index is 13.1. The minimum Gasteiger partial charge on any atom is -0.468 e. The molecule has 0 fully saturated rings. The van der Waals surface area contributed by atoms with Gasteiger partial charge in [-0.1, -0.05) is 0 Å². The van der Waals surface area contributed by atoms with Crippen molar-refractivity contribution < 1.29 is 28.3 Å². The van der Waals surface area contributed by atoms with Crippen molar-refractivity contribution in [3.05, 3.63) is 51.0 Å². The van der Waals surface area contributed by atoms with E-state index in [1.54, 1.807) is 39.8 Å². The Bertz CT molecular complexity index is 861. The number of carbonyl (C=O) groups excluding carboxylic acids is 4. The van der Waals surface area contributed by atoms with Crippen LogP contribution in [-0.2, 0) is 14.3 Å². The molecule has 1 N–H and O–H groups in total. The molecular formula is C20H25FNO5PS. The summed E-state index contributed by atoms with van der Waals surface area (Å²) in [5.74, 6) is -0.816. The van der Waals surface area contributed by atoms with Crippen molar-refractivity contribution in [2.24, 2.45) is 0 Å². The number of hydrogen-bond acceptors (Lipinski definition) is 6. The van der Waals surface area contributed by atoms with Crippen LogP contribution in [0.3, 0.4) is 0 Å². The molecule has 1 unspecified atom stereocenters. The van der Waals surface area contributed by atoms with Gasteiger partial charge in [0, 0.05) is 10.6 Å². The molecule has 0 spiro atoms. The van der Waals surface area contributed by atoms with E-state index in [2.05, 4.69) is 19.3 Å². The summed E-state index contributed by atoms with van der Waals surface area (Å²) in [6, 6.07) is 5.93. The number of hydrogen-bond donors (Lipinski definition) is 1. The minimum absolute atomic E-state index is 0.206. The third-order valence-electron chi connectivity index (χ3n) is 3.42. The number of carbonyl (C=O) groups is 4. The fraction of sp³-hybridized carbons (Fsp3) is 0.300. The van der Waals surface area contributed by atoms with Gasteiger partial charge in [-0.15, -0.1) is 20.6 Å². The summed E-state index contributed by atoms with van der Waals surface area (Å²) in [5.41, 5.74) is 1.46. The van der Waals surface area contributed by atoms with Gasteiger partial charge in [-0.3, -0.25) is 14.4 Å². The highest BCUT2D eigenvalue weighted by Gasteiger charge is 2.21. The minimum atomic E-state index is -0.436. The average molecular weight is 441 g/mol. The van der Waals surface area contributed by atoms with Gasteiger partial charge in [-0.05, 0) is 57.5 Å². The highest BCUT2D eigenvalue weighted by atomic mass is 32.1. The lowest BCUT2D eigenvalue weighted by molar-refractivity contribution is -0.142. The number of benzene rings is 1.